The van der Waals surface area contributed by atoms with Gasteiger partial charge in [-0.25, -0.2) is 4.98 Å². The Hall–Kier alpha value is -0.450. The van der Waals surface area contributed by atoms with Gasteiger partial charge in [0.1, 0.15) is 5.01 Å². The zero-order valence-corrected chi connectivity index (χ0v) is 13.0. The number of hydrogen-bond donors (Lipinski definition) is 1. The molecule has 2 atom stereocenters. The first-order valence-electron chi connectivity index (χ1n) is 7.38. The highest BCUT2D eigenvalue weighted by Crippen LogP contribution is 2.42. The van der Waals surface area contributed by atoms with Crippen LogP contribution in [0.15, 0.2) is 0 Å². The van der Waals surface area contributed by atoms with Crippen molar-refractivity contribution < 1.29 is 4.74 Å². The van der Waals surface area contributed by atoms with Gasteiger partial charge in [0.05, 0.1) is 17.3 Å². The summed E-state index contributed by atoms with van der Waals surface area (Å²) in [6.07, 6.45) is 7.72. The summed E-state index contributed by atoms with van der Waals surface area (Å²) in [4.78, 5) is 6.21. The van der Waals surface area contributed by atoms with E-state index in [1.165, 1.54) is 47.7 Å². The van der Waals surface area contributed by atoms with Crippen molar-refractivity contribution in [3.63, 3.8) is 0 Å². The zero-order valence-electron chi connectivity index (χ0n) is 12.2. The fraction of sp³-hybridized carbons (Fsp3) is 0.800. The lowest BCUT2D eigenvalue weighted by Gasteiger charge is -2.40. The average Bonchev–Trinajstić information content (AvgIpc) is 3.15. The molecule has 2 unspecified atom stereocenters. The van der Waals surface area contributed by atoms with E-state index in [0.29, 0.717) is 12.1 Å². The van der Waals surface area contributed by atoms with Crippen LogP contribution in [0, 0.1) is 13.8 Å². The summed E-state index contributed by atoms with van der Waals surface area (Å²) in [5.41, 5.74) is 1.26. The van der Waals surface area contributed by atoms with Crippen LogP contribution < -0.4 is 5.32 Å². The van der Waals surface area contributed by atoms with Crippen LogP contribution in [-0.2, 0) is 10.3 Å². The zero-order chi connectivity index (χ0) is 13.5. The lowest BCUT2D eigenvalue weighted by atomic mass is 9.80. The number of rotatable bonds is 4. The van der Waals surface area contributed by atoms with Crippen molar-refractivity contribution in [1.82, 2.24) is 10.3 Å². The molecule has 0 radical (unpaired) electrons. The minimum atomic E-state index is 0.0732. The second-order valence-corrected chi connectivity index (χ2v) is 7.32. The lowest BCUT2D eigenvalue weighted by molar-refractivity contribution is 0.0284. The largest absolute Gasteiger partial charge is 0.381 e. The van der Waals surface area contributed by atoms with Gasteiger partial charge in [-0.15, -0.1) is 11.3 Å². The van der Waals surface area contributed by atoms with Gasteiger partial charge in [0.25, 0.3) is 0 Å². The van der Waals surface area contributed by atoms with E-state index < -0.39 is 0 Å². The molecule has 0 saturated heterocycles. The van der Waals surface area contributed by atoms with Crippen LogP contribution in [0.2, 0.25) is 0 Å². The van der Waals surface area contributed by atoms with Crippen LogP contribution in [-0.4, -0.2) is 24.2 Å². The molecule has 2 aliphatic rings. The third-order valence-corrected chi connectivity index (χ3v) is 5.81. The molecule has 2 fully saturated rings. The standard InChI is InChI=1S/C15H24N2OS/c1-10-11(2)19-14(16-10)15(17-12-6-7-12)8-4-5-13(9-15)18-3/h12-13,17H,4-9H2,1-3H3. The first kappa shape index (κ1) is 13.5. The number of thiazole rings is 1. The van der Waals surface area contributed by atoms with Crippen molar-refractivity contribution in [2.24, 2.45) is 0 Å². The van der Waals surface area contributed by atoms with Crippen molar-refractivity contribution in [2.75, 3.05) is 7.11 Å². The number of ether oxygens (including phenoxy) is 1. The van der Waals surface area contributed by atoms with Gasteiger partial charge in [-0.1, -0.05) is 0 Å². The Bertz CT molecular complexity index is 435. The van der Waals surface area contributed by atoms with Crippen LogP contribution in [0.25, 0.3) is 0 Å². The second-order valence-electron chi connectivity index (χ2n) is 6.12. The molecule has 2 aliphatic carbocycles. The van der Waals surface area contributed by atoms with E-state index in [-0.39, 0.29) is 5.54 Å². The number of nitrogens with zero attached hydrogens (tertiary/aromatic N) is 1. The maximum absolute atomic E-state index is 5.64. The molecule has 1 aromatic heterocycles. The van der Waals surface area contributed by atoms with Crippen LogP contribution >= 0.6 is 11.3 Å². The number of nitrogens with one attached hydrogen (secondary N) is 1. The lowest BCUT2D eigenvalue weighted by Crippen LogP contribution is -2.48. The Morgan fingerprint density at radius 1 is 1.32 bits per heavy atom. The molecule has 2 saturated carbocycles. The molecule has 3 rings (SSSR count). The highest BCUT2D eigenvalue weighted by molar-refractivity contribution is 7.11. The predicted molar refractivity (Wildman–Crippen MR) is 78.7 cm³/mol. The van der Waals surface area contributed by atoms with Gasteiger partial charge in [0, 0.05) is 18.0 Å². The highest BCUT2D eigenvalue weighted by atomic mass is 32.1. The van der Waals surface area contributed by atoms with E-state index in [4.69, 9.17) is 9.72 Å². The Morgan fingerprint density at radius 3 is 2.68 bits per heavy atom. The van der Waals surface area contributed by atoms with E-state index in [1.807, 2.05) is 18.4 Å². The Labute approximate surface area is 119 Å². The van der Waals surface area contributed by atoms with Gasteiger partial charge in [0.15, 0.2) is 0 Å². The van der Waals surface area contributed by atoms with Gasteiger partial charge in [-0.3, -0.25) is 0 Å². The van der Waals surface area contributed by atoms with Gasteiger partial charge >= 0.3 is 0 Å². The van der Waals surface area contributed by atoms with Crippen molar-refractivity contribution in [1.29, 1.82) is 0 Å². The average molecular weight is 280 g/mol. The maximum atomic E-state index is 5.64. The summed E-state index contributed by atoms with van der Waals surface area (Å²) in [7, 11) is 1.84. The van der Waals surface area contributed by atoms with E-state index >= 15 is 0 Å². The molecule has 19 heavy (non-hydrogen) atoms. The summed E-state index contributed by atoms with van der Waals surface area (Å²) >= 11 is 1.87. The van der Waals surface area contributed by atoms with Gasteiger partial charge in [0.2, 0.25) is 0 Å². The van der Waals surface area contributed by atoms with Gasteiger partial charge in [-0.2, -0.15) is 0 Å². The minimum Gasteiger partial charge on any atom is -0.381 e. The first-order chi connectivity index (χ1) is 9.13. The minimum absolute atomic E-state index is 0.0732. The number of aryl methyl sites for hydroxylation is 2. The Kier molecular flexibility index (Phi) is 3.67. The van der Waals surface area contributed by atoms with Crippen molar-refractivity contribution >= 4 is 11.3 Å². The molecule has 0 bridgehead atoms. The van der Waals surface area contributed by atoms with E-state index in [2.05, 4.69) is 19.2 Å². The van der Waals surface area contributed by atoms with E-state index in [0.717, 1.165) is 6.42 Å². The molecular weight excluding hydrogens is 256 g/mol. The Morgan fingerprint density at radius 2 is 2.11 bits per heavy atom. The third kappa shape index (κ3) is 2.71. The number of aromatic nitrogens is 1. The Balaban J connectivity index is 1.90. The fourth-order valence-electron chi connectivity index (χ4n) is 3.11. The number of methoxy groups -OCH3 is 1. The molecule has 0 aromatic carbocycles. The van der Waals surface area contributed by atoms with Crippen molar-refractivity contribution in [3.8, 4) is 0 Å². The SMILES string of the molecule is COC1CCCC(NC2CC2)(c2nc(C)c(C)s2)C1. The maximum Gasteiger partial charge on any atom is 0.113 e. The quantitative estimate of drug-likeness (QED) is 0.919. The molecule has 4 heteroatoms. The predicted octanol–water partition coefficient (Wildman–Crippen LogP) is 3.30. The summed E-state index contributed by atoms with van der Waals surface area (Å²) < 4.78 is 5.64. The van der Waals surface area contributed by atoms with Crippen molar-refractivity contribution in [3.05, 3.63) is 15.6 Å². The summed E-state index contributed by atoms with van der Waals surface area (Å²) in [6.45, 7) is 4.30. The molecule has 1 aromatic rings. The molecule has 1 N–H and O–H groups in total. The van der Waals surface area contributed by atoms with E-state index in [9.17, 15) is 0 Å². The monoisotopic (exact) mass is 280 g/mol. The van der Waals surface area contributed by atoms with Crippen LogP contribution in [0.4, 0.5) is 0 Å². The third-order valence-electron chi connectivity index (χ3n) is 4.53. The van der Waals surface area contributed by atoms with Crippen LogP contribution in [0.3, 0.4) is 0 Å². The fourth-order valence-corrected chi connectivity index (χ4v) is 4.21. The second kappa shape index (κ2) is 5.15. The van der Waals surface area contributed by atoms with Crippen molar-refractivity contribution in [2.45, 2.75) is 70.1 Å². The van der Waals surface area contributed by atoms with Crippen LogP contribution in [0.1, 0.15) is 54.1 Å². The molecule has 0 amide bonds. The molecular formula is C15H24N2OS. The van der Waals surface area contributed by atoms with Crippen LogP contribution in [0.5, 0.6) is 0 Å². The van der Waals surface area contributed by atoms with Gasteiger partial charge < -0.3 is 10.1 Å². The molecule has 1 heterocycles. The molecule has 0 aliphatic heterocycles. The van der Waals surface area contributed by atoms with Gasteiger partial charge in [-0.05, 0) is 52.4 Å². The summed E-state index contributed by atoms with van der Waals surface area (Å²) in [5, 5.41) is 5.18. The first-order valence-corrected chi connectivity index (χ1v) is 8.19. The van der Waals surface area contributed by atoms with E-state index in [1.54, 1.807) is 0 Å². The summed E-state index contributed by atoms with van der Waals surface area (Å²) in [6, 6.07) is 0.708. The summed E-state index contributed by atoms with van der Waals surface area (Å²) in [5.74, 6) is 0. The topological polar surface area (TPSA) is 34.1 Å². The number of hydrogen-bond acceptors (Lipinski definition) is 4. The smallest absolute Gasteiger partial charge is 0.113 e. The highest BCUT2D eigenvalue weighted by Gasteiger charge is 2.43. The molecule has 106 valence electrons. The molecule has 0 spiro atoms. The normalized spacial score (nSPS) is 31.6. The molecule has 3 nitrogen and oxygen atoms in total.